The van der Waals surface area contributed by atoms with Gasteiger partial charge in [-0.1, -0.05) is 52.4 Å². The third-order valence-corrected chi connectivity index (χ3v) is 4.74. The van der Waals surface area contributed by atoms with Crippen LogP contribution in [0, 0.1) is 0 Å². The van der Waals surface area contributed by atoms with Crippen molar-refractivity contribution in [3.05, 3.63) is 33.8 Å². The minimum Gasteiger partial charge on any atom is -0.323 e. The Bertz CT molecular complexity index is 557. The van der Waals surface area contributed by atoms with Crippen LogP contribution in [-0.4, -0.2) is 21.4 Å². The number of hydrogen-bond donors (Lipinski definition) is 1. The summed E-state index contributed by atoms with van der Waals surface area (Å²) < 4.78 is 0.743. The fraction of sp³-hybridized carbons (Fsp3) is 0.182. The van der Waals surface area contributed by atoms with Crippen molar-refractivity contribution in [3.63, 3.8) is 0 Å². The number of para-hydroxylation sites is 1. The molecule has 1 atom stereocenters. The van der Waals surface area contributed by atoms with Gasteiger partial charge in [0.15, 0.2) is 4.34 Å². The Labute approximate surface area is 128 Å². The van der Waals surface area contributed by atoms with Crippen LogP contribution in [0.4, 0.5) is 5.69 Å². The Hall–Kier alpha value is -0.820. The molecule has 0 radical (unpaired) electrons. The van der Waals surface area contributed by atoms with Crippen molar-refractivity contribution < 1.29 is 4.79 Å². The van der Waals surface area contributed by atoms with Crippen molar-refractivity contribution in [1.29, 1.82) is 0 Å². The lowest BCUT2D eigenvalue weighted by molar-refractivity contribution is -0.115. The minimum atomic E-state index is -0.319. The molecule has 0 saturated heterocycles. The molecular weight excluding hydrogens is 325 g/mol. The van der Waals surface area contributed by atoms with E-state index in [1.54, 1.807) is 30.6 Å². The monoisotopic (exact) mass is 333 g/mol. The smallest absolute Gasteiger partial charge is 0.237 e. The van der Waals surface area contributed by atoms with Crippen LogP contribution in [-0.2, 0) is 4.79 Å². The summed E-state index contributed by atoms with van der Waals surface area (Å²) in [5.74, 6) is -0.185. The molecule has 0 bridgehead atoms. The fourth-order valence-corrected chi connectivity index (χ4v) is 3.38. The van der Waals surface area contributed by atoms with Gasteiger partial charge >= 0.3 is 0 Å². The van der Waals surface area contributed by atoms with E-state index < -0.39 is 0 Å². The van der Waals surface area contributed by atoms with Crippen LogP contribution in [0.1, 0.15) is 6.92 Å². The van der Waals surface area contributed by atoms with Gasteiger partial charge in [0.05, 0.1) is 21.0 Å². The summed E-state index contributed by atoms with van der Waals surface area (Å²) in [6.45, 7) is 1.78. The highest BCUT2D eigenvalue weighted by atomic mass is 35.5. The lowest BCUT2D eigenvalue weighted by atomic mass is 10.3. The van der Waals surface area contributed by atoms with Gasteiger partial charge in [-0.3, -0.25) is 4.79 Å². The summed E-state index contributed by atoms with van der Waals surface area (Å²) >= 11 is 14.7. The van der Waals surface area contributed by atoms with Gasteiger partial charge in [0.1, 0.15) is 5.51 Å². The average molecular weight is 334 g/mol. The third kappa shape index (κ3) is 3.82. The maximum absolute atomic E-state index is 12.1. The van der Waals surface area contributed by atoms with Crippen LogP contribution in [0.3, 0.4) is 0 Å². The van der Waals surface area contributed by atoms with Crippen molar-refractivity contribution >= 4 is 57.9 Å². The third-order valence-electron chi connectivity index (χ3n) is 2.20. The van der Waals surface area contributed by atoms with Crippen molar-refractivity contribution in [2.75, 3.05) is 5.32 Å². The van der Waals surface area contributed by atoms with Crippen molar-refractivity contribution in [3.8, 4) is 0 Å². The molecule has 4 nitrogen and oxygen atoms in total. The van der Waals surface area contributed by atoms with E-state index in [4.69, 9.17) is 23.2 Å². The number of benzene rings is 1. The molecule has 0 spiro atoms. The molecule has 2 rings (SSSR count). The van der Waals surface area contributed by atoms with E-state index in [-0.39, 0.29) is 11.2 Å². The van der Waals surface area contributed by atoms with Crippen LogP contribution >= 0.6 is 46.3 Å². The first-order chi connectivity index (χ1) is 9.08. The Kier molecular flexibility index (Phi) is 5.04. The molecule has 1 aromatic carbocycles. The Morgan fingerprint density at radius 1 is 1.42 bits per heavy atom. The second kappa shape index (κ2) is 6.56. The zero-order valence-electron chi connectivity index (χ0n) is 9.76. The minimum absolute atomic E-state index is 0.185. The normalized spacial score (nSPS) is 12.2. The predicted molar refractivity (Wildman–Crippen MR) is 80.3 cm³/mol. The standard InChI is InChI=1S/C11H9Cl2N3OS2/c1-6(19-11-16-14-5-18-11)10(17)15-9-7(12)3-2-4-8(9)13/h2-6H,1H3,(H,15,17). The lowest BCUT2D eigenvalue weighted by Gasteiger charge is -2.12. The van der Waals surface area contributed by atoms with Gasteiger partial charge in [0.25, 0.3) is 0 Å². The highest BCUT2D eigenvalue weighted by molar-refractivity contribution is 8.02. The topological polar surface area (TPSA) is 54.9 Å². The molecule has 0 saturated carbocycles. The molecule has 100 valence electrons. The molecule has 1 N–H and O–H groups in total. The SMILES string of the molecule is CC(Sc1nncs1)C(=O)Nc1c(Cl)cccc1Cl. The van der Waals surface area contributed by atoms with Gasteiger partial charge in [0.2, 0.25) is 5.91 Å². The van der Waals surface area contributed by atoms with E-state index >= 15 is 0 Å². The summed E-state index contributed by atoms with van der Waals surface area (Å²) in [6, 6.07) is 5.07. The van der Waals surface area contributed by atoms with Crippen LogP contribution < -0.4 is 5.32 Å². The highest BCUT2D eigenvalue weighted by Gasteiger charge is 2.18. The molecule has 2 aromatic rings. The Morgan fingerprint density at radius 3 is 2.68 bits per heavy atom. The Balaban J connectivity index is 2.04. The van der Waals surface area contributed by atoms with E-state index in [1.165, 1.54) is 23.1 Å². The predicted octanol–water partition coefficient (Wildman–Crippen LogP) is 3.96. The summed E-state index contributed by atoms with van der Waals surface area (Å²) in [5.41, 5.74) is 2.05. The van der Waals surface area contributed by atoms with Crippen LogP contribution in [0.15, 0.2) is 28.0 Å². The summed E-state index contributed by atoms with van der Waals surface area (Å²) in [6.07, 6.45) is 0. The number of aromatic nitrogens is 2. The molecule has 19 heavy (non-hydrogen) atoms. The molecule has 0 aliphatic rings. The molecule has 0 aliphatic carbocycles. The van der Waals surface area contributed by atoms with Gasteiger partial charge in [-0.2, -0.15) is 0 Å². The Morgan fingerprint density at radius 2 is 2.11 bits per heavy atom. The maximum Gasteiger partial charge on any atom is 0.237 e. The van der Waals surface area contributed by atoms with Crippen LogP contribution in [0.2, 0.25) is 10.0 Å². The second-order valence-electron chi connectivity index (χ2n) is 3.55. The largest absolute Gasteiger partial charge is 0.323 e. The van der Waals surface area contributed by atoms with Crippen molar-refractivity contribution in [2.45, 2.75) is 16.5 Å². The number of hydrogen-bond acceptors (Lipinski definition) is 5. The number of nitrogens with zero attached hydrogens (tertiary/aromatic N) is 2. The van der Waals surface area contributed by atoms with E-state index in [9.17, 15) is 4.79 Å². The van der Waals surface area contributed by atoms with Gasteiger partial charge < -0.3 is 5.32 Å². The number of carbonyl (C=O) groups excluding carboxylic acids is 1. The number of anilines is 1. The van der Waals surface area contributed by atoms with E-state index in [2.05, 4.69) is 15.5 Å². The summed E-state index contributed by atoms with van der Waals surface area (Å²) in [7, 11) is 0. The summed E-state index contributed by atoms with van der Waals surface area (Å²) in [5, 5.41) is 10.8. The summed E-state index contributed by atoms with van der Waals surface area (Å²) in [4.78, 5) is 12.1. The molecule has 8 heteroatoms. The number of halogens is 2. The molecule has 0 aliphatic heterocycles. The molecule has 1 amide bonds. The fourth-order valence-electron chi connectivity index (χ4n) is 1.26. The first-order valence-electron chi connectivity index (χ1n) is 5.25. The van der Waals surface area contributed by atoms with Crippen LogP contribution in [0.25, 0.3) is 0 Å². The quantitative estimate of drug-likeness (QED) is 0.860. The molecule has 1 heterocycles. The van der Waals surface area contributed by atoms with E-state index in [1.807, 2.05) is 0 Å². The average Bonchev–Trinajstić information content (AvgIpc) is 2.86. The van der Waals surface area contributed by atoms with Gasteiger partial charge in [-0.05, 0) is 19.1 Å². The number of carbonyl (C=O) groups is 1. The molecular formula is C11H9Cl2N3OS2. The van der Waals surface area contributed by atoms with Gasteiger partial charge in [0, 0.05) is 0 Å². The maximum atomic E-state index is 12.1. The zero-order chi connectivity index (χ0) is 13.8. The van der Waals surface area contributed by atoms with Gasteiger partial charge in [-0.15, -0.1) is 10.2 Å². The lowest BCUT2D eigenvalue weighted by Crippen LogP contribution is -2.22. The zero-order valence-corrected chi connectivity index (χ0v) is 12.9. The van der Waals surface area contributed by atoms with Crippen molar-refractivity contribution in [1.82, 2.24) is 10.2 Å². The van der Waals surface area contributed by atoms with Crippen LogP contribution in [0.5, 0.6) is 0 Å². The number of thioether (sulfide) groups is 1. The molecule has 1 unspecified atom stereocenters. The second-order valence-corrected chi connectivity index (χ2v) is 6.79. The molecule has 0 fully saturated rings. The first kappa shape index (κ1) is 14.6. The van der Waals surface area contributed by atoms with E-state index in [0.717, 1.165) is 4.34 Å². The first-order valence-corrected chi connectivity index (χ1v) is 7.77. The van der Waals surface area contributed by atoms with Crippen molar-refractivity contribution in [2.24, 2.45) is 0 Å². The number of amides is 1. The van der Waals surface area contributed by atoms with Gasteiger partial charge in [-0.25, -0.2) is 0 Å². The number of nitrogens with one attached hydrogen (secondary N) is 1. The highest BCUT2D eigenvalue weighted by Crippen LogP contribution is 2.31. The molecule has 1 aromatic heterocycles. The number of rotatable bonds is 4. The van der Waals surface area contributed by atoms with E-state index in [0.29, 0.717) is 15.7 Å².